The Morgan fingerprint density at radius 2 is 1.69 bits per heavy atom. The highest BCUT2D eigenvalue weighted by Crippen LogP contribution is 2.42. The van der Waals surface area contributed by atoms with Gasteiger partial charge in [-0.3, -0.25) is 19.7 Å². The number of rotatable bonds is 0. The van der Waals surface area contributed by atoms with E-state index in [1.807, 2.05) is 0 Å². The molecule has 0 radical (unpaired) electrons. The summed E-state index contributed by atoms with van der Waals surface area (Å²) in [6.45, 7) is 0. The van der Waals surface area contributed by atoms with Gasteiger partial charge >= 0.3 is 0 Å². The number of carbonyl (C=O) groups is 3. The van der Waals surface area contributed by atoms with Gasteiger partial charge in [0.15, 0.2) is 5.41 Å². The van der Waals surface area contributed by atoms with Gasteiger partial charge in [0.1, 0.15) is 0 Å². The normalized spacial score (nSPS) is 26.9. The molecule has 0 aliphatic carbocycles. The summed E-state index contributed by atoms with van der Waals surface area (Å²) in [5.74, 6) is -1.35. The van der Waals surface area contributed by atoms with Crippen molar-refractivity contribution in [3.63, 3.8) is 0 Å². The van der Waals surface area contributed by atoms with E-state index in [4.69, 9.17) is 0 Å². The first kappa shape index (κ1) is 9.08. The van der Waals surface area contributed by atoms with Crippen molar-refractivity contribution in [3.8, 4) is 0 Å². The number of hydrogen-bond acceptors (Lipinski definition) is 3. The van der Waals surface area contributed by atoms with E-state index in [9.17, 15) is 14.4 Å². The van der Waals surface area contributed by atoms with Crippen LogP contribution in [0.5, 0.6) is 0 Å². The number of hydrogen-bond donors (Lipinski definition) is 2. The largest absolute Gasteiger partial charge is 0.325 e. The fraction of sp³-hybridized carbons (Fsp3) is 0.182. The molecular weight excluding hydrogens is 208 g/mol. The van der Waals surface area contributed by atoms with Crippen molar-refractivity contribution in [3.05, 3.63) is 29.8 Å². The highest BCUT2D eigenvalue weighted by Gasteiger charge is 2.58. The Morgan fingerprint density at radius 1 is 1.00 bits per heavy atom. The van der Waals surface area contributed by atoms with Gasteiger partial charge in [0.2, 0.25) is 17.7 Å². The molecule has 1 fully saturated rings. The first-order valence-electron chi connectivity index (χ1n) is 4.90. The maximum absolute atomic E-state index is 11.9. The number of nitrogens with one attached hydrogen (secondary N) is 2. The van der Waals surface area contributed by atoms with Crippen molar-refractivity contribution >= 4 is 23.4 Å². The van der Waals surface area contributed by atoms with Crippen molar-refractivity contribution < 1.29 is 14.4 Å². The molecule has 1 atom stereocenters. The number of imide groups is 1. The number of para-hydroxylation sites is 1. The van der Waals surface area contributed by atoms with E-state index in [0.717, 1.165) is 0 Å². The molecule has 2 heterocycles. The maximum Gasteiger partial charge on any atom is 0.247 e. The number of amides is 3. The number of carbonyl (C=O) groups excluding carboxylic acids is 3. The van der Waals surface area contributed by atoms with E-state index >= 15 is 0 Å². The van der Waals surface area contributed by atoms with Crippen LogP contribution in [0, 0.1) is 0 Å². The van der Waals surface area contributed by atoms with Crippen LogP contribution in [0.1, 0.15) is 12.0 Å². The maximum atomic E-state index is 11.9. The molecule has 2 aliphatic heterocycles. The monoisotopic (exact) mass is 216 g/mol. The van der Waals surface area contributed by atoms with Crippen LogP contribution in [0.15, 0.2) is 24.3 Å². The zero-order chi connectivity index (χ0) is 11.3. The first-order valence-corrected chi connectivity index (χ1v) is 4.90. The van der Waals surface area contributed by atoms with E-state index in [1.165, 1.54) is 0 Å². The lowest BCUT2D eigenvalue weighted by molar-refractivity contribution is -0.131. The standard InChI is InChI=1S/C11H8N2O3/c14-8-5-11(10(16)13-8)6-3-1-2-4-7(6)12-9(11)15/h1-4H,5H2,(H,12,15)(H,13,14,16). The molecule has 1 unspecified atom stereocenters. The summed E-state index contributed by atoms with van der Waals surface area (Å²) in [7, 11) is 0. The van der Waals surface area contributed by atoms with Crippen molar-refractivity contribution in [2.24, 2.45) is 0 Å². The second-order valence-electron chi connectivity index (χ2n) is 3.96. The van der Waals surface area contributed by atoms with Gasteiger partial charge in [-0.05, 0) is 6.07 Å². The SMILES string of the molecule is O=C1CC2(C(=O)N1)C(=O)Nc1ccccc12. The molecule has 2 aliphatic rings. The molecule has 3 amide bonds. The quantitative estimate of drug-likeness (QED) is 0.470. The molecular formula is C11H8N2O3. The molecule has 2 N–H and O–H groups in total. The first-order chi connectivity index (χ1) is 7.64. The average Bonchev–Trinajstić information content (AvgIpc) is 2.69. The van der Waals surface area contributed by atoms with Crippen LogP contribution >= 0.6 is 0 Å². The van der Waals surface area contributed by atoms with Gasteiger partial charge < -0.3 is 5.32 Å². The van der Waals surface area contributed by atoms with Gasteiger partial charge in [0, 0.05) is 11.3 Å². The summed E-state index contributed by atoms with van der Waals surface area (Å²) in [6.07, 6.45) is -0.103. The van der Waals surface area contributed by atoms with Gasteiger partial charge in [-0.2, -0.15) is 0 Å². The lowest BCUT2D eigenvalue weighted by Gasteiger charge is -2.15. The molecule has 1 spiro atoms. The fourth-order valence-corrected chi connectivity index (χ4v) is 2.32. The van der Waals surface area contributed by atoms with E-state index in [-0.39, 0.29) is 6.42 Å². The van der Waals surface area contributed by atoms with E-state index < -0.39 is 23.1 Å². The minimum atomic E-state index is -1.34. The second kappa shape index (κ2) is 2.69. The zero-order valence-corrected chi connectivity index (χ0v) is 8.24. The van der Waals surface area contributed by atoms with E-state index in [2.05, 4.69) is 10.6 Å². The summed E-state index contributed by atoms with van der Waals surface area (Å²) in [5, 5.41) is 4.81. The van der Waals surface area contributed by atoms with Gasteiger partial charge in [0.05, 0.1) is 6.42 Å². The Bertz CT molecular complexity index is 538. The molecule has 5 nitrogen and oxygen atoms in total. The van der Waals surface area contributed by atoms with Crippen molar-refractivity contribution in [1.82, 2.24) is 5.32 Å². The molecule has 0 bridgehead atoms. The molecule has 1 saturated heterocycles. The van der Waals surface area contributed by atoms with Crippen molar-refractivity contribution in [2.45, 2.75) is 11.8 Å². The molecule has 0 saturated carbocycles. The Morgan fingerprint density at radius 3 is 2.38 bits per heavy atom. The molecule has 5 heteroatoms. The van der Waals surface area contributed by atoms with E-state index in [0.29, 0.717) is 11.3 Å². The Labute approximate surface area is 90.8 Å². The topological polar surface area (TPSA) is 75.3 Å². The minimum absolute atomic E-state index is 0.103. The molecule has 3 rings (SSSR count). The van der Waals surface area contributed by atoms with Crippen LogP contribution in [0.4, 0.5) is 5.69 Å². The summed E-state index contributed by atoms with van der Waals surface area (Å²) in [6, 6.07) is 6.94. The fourth-order valence-electron chi connectivity index (χ4n) is 2.32. The van der Waals surface area contributed by atoms with Gasteiger partial charge in [-0.25, -0.2) is 0 Å². The van der Waals surface area contributed by atoms with Crippen LogP contribution in [0.3, 0.4) is 0 Å². The third-order valence-corrected chi connectivity index (χ3v) is 3.09. The lowest BCUT2D eigenvalue weighted by atomic mass is 9.80. The minimum Gasteiger partial charge on any atom is -0.325 e. The summed E-state index contributed by atoms with van der Waals surface area (Å²) in [5.41, 5.74) is -0.145. The van der Waals surface area contributed by atoms with Gasteiger partial charge in [0.25, 0.3) is 0 Å². The lowest BCUT2D eigenvalue weighted by Crippen LogP contribution is -2.41. The average molecular weight is 216 g/mol. The summed E-state index contributed by atoms with van der Waals surface area (Å²) < 4.78 is 0. The Kier molecular flexibility index (Phi) is 1.53. The Hall–Kier alpha value is -2.17. The predicted octanol–water partition coefficient (Wildman–Crippen LogP) is -0.0770. The van der Waals surface area contributed by atoms with E-state index in [1.54, 1.807) is 24.3 Å². The Balaban J connectivity index is 2.25. The molecule has 0 aromatic heterocycles. The smallest absolute Gasteiger partial charge is 0.247 e. The zero-order valence-electron chi connectivity index (χ0n) is 8.24. The van der Waals surface area contributed by atoms with Crippen LogP contribution < -0.4 is 10.6 Å². The van der Waals surface area contributed by atoms with Gasteiger partial charge in [-0.1, -0.05) is 18.2 Å². The third-order valence-electron chi connectivity index (χ3n) is 3.09. The summed E-state index contributed by atoms with van der Waals surface area (Å²) in [4.78, 5) is 34.9. The van der Waals surface area contributed by atoms with Crippen molar-refractivity contribution in [2.75, 3.05) is 5.32 Å². The number of anilines is 1. The number of fused-ring (bicyclic) bond motifs is 2. The van der Waals surface area contributed by atoms with Crippen LogP contribution in [-0.2, 0) is 19.8 Å². The predicted molar refractivity (Wildman–Crippen MR) is 54.5 cm³/mol. The van der Waals surface area contributed by atoms with Crippen LogP contribution in [0.25, 0.3) is 0 Å². The highest BCUT2D eigenvalue weighted by atomic mass is 16.2. The van der Waals surface area contributed by atoms with Gasteiger partial charge in [-0.15, -0.1) is 0 Å². The second-order valence-corrected chi connectivity index (χ2v) is 3.96. The molecule has 80 valence electrons. The van der Waals surface area contributed by atoms with Crippen molar-refractivity contribution in [1.29, 1.82) is 0 Å². The highest BCUT2D eigenvalue weighted by molar-refractivity contribution is 6.27. The third kappa shape index (κ3) is 0.875. The summed E-state index contributed by atoms with van der Waals surface area (Å²) >= 11 is 0. The molecule has 16 heavy (non-hydrogen) atoms. The number of benzene rings is 1. The van der Waals surface area contributed by atoms with Crippen LogP contribution in [0.2, 0.25) is 0 Å². The molecule has 1 aromatic rings. The van der Waals surface area contributed by atoms with Crippen LogP contribution in [-0.4, -0.2) is 17.7 Å². The molecule has 1 aromatic carbocycles.